The van der Waals surface area contributed by atoms with Crippen molar-refractivity contribution in [1.82, 2.24) is 5.32 Å². The van der Waals surface area contributed by atoms with E-state index in [2.05, 4.69) is 17.6 Å². The molecule has 1 aromatic carbocycles. The molecule has 0 bridgehead atoms. The standard InChI is InChI=1S/C18H28N2O3/c1-4-6-13(3)18(23)20-16-9-7-14(8-10-16)11-17(22)19-15(5-2)12-21/h7-10,13,15,21H,4-6,11-12H2,1-3H3,(H,19,22)(H,20,23). The first kappa shape index (κ1) is 19.2. The average Bonchev–Trinajstić information content (AvgIpc) is 2.54. The van der Waals surface area contributed by atoms with Crippen molar-refractivity contribution in [3.05, 3.63) is 29.8 Å². The van der Waals surface area contributed by atoms with Gasteiger partial charge in [0.05, 0.1) is 19.1 Å². The lowest BCUT2D eigenvalue weighted by molar-refractivity contribution is -0.121. The molecule has 0 aliphatic carbocycles. The number of amides is 2. The van der Waals surface area contributed by atoms with Gasteiger partial charge >= 0.3 is 0 Å². The zero-order valence-corrected chi connectivity index (χ0v) is 14.3. The first-order chi connectivity index (χ1) is 11.0. The van der Waals surface area contributed by atoms with E-state index in [0.29, 0.717) is 6.42 Å². The van der Waals surface area contributed by atoms with Crippen molar-refractivity contribution in [2.75, 3.05) is 11.9 Å². The molecule has 0 fully saturated rings. The fourth-order valence-corrected chi connectivity index (χ4v) is 2.28. The number of aliphatic hydroxyl groups is 1. The van der Waals surface area contributed by atoms with Crippen molar-refractivity contribution in [3.8, 4) is 0 Å². The van der Waals surface area contributed by atoms with Crippen LogP contribution in [0.4, 0.5) is 5.69 Å². The quantitative estimate of drug-likeness (QED) is 0.654. The molecule has 0 spiro atoms. The SMILES string of the molecule is CCCC(C)C(=O)Nc1ccc(CC(=O)NC(CC)CO)cc1. The Kier molecular flexibility index (Phi) is 8.33. The summed E-state index contributed by atoms with van der Waals surface area (Å²) in [4.78, 5) is 23.8. The van der Waals surface area contributed by atoms with Crippen molar-refractivity contribution < 1.29 is 14.7 Å². The first-order valence-electron chi connectivity index (χ1n) is 8.30. The van der Waals surface area contributed by atoms with Crippen molar-refractivity contribution in [2.45, 2.75) is 52.5 Å². The van der Waals surface area contributed by atoms with E-state index in [1.165, 1.54) is 0 Å². The highest BCUT2D eigenvalue weighted by atomic mass is 16.3. The molecule has 0 heterocycles. The van der Waals surface area contributed by atoms with Crippen LogP contribution in [0, 0.1) is 5.92 Å². The smallest absolute Gasteiger partial charge is 0.227 e. The number of hydrogen-bond acceptors (Lipinski definition) is 3. The molecule has 1 aromatic rings. The summed E-state index contributed by atoms with van der Waals surface area (Å²) < 4.78 is 0. The Balaban J connectivity index is 2.53. The highest BCUT2D eigenvalue weighted by Gasteiger charge is 2.12. The molecule has 3 N–H and O–H groups in total. The molecule has 2 amide bonds. The third-order valence-corrected chi connectivity index (χ3v) is 3.83. The zero-order valence-electron chi connectivity index (χ0n) is 14.3. The summed E-state index contributed by atoms with van der Waals surface area (Å²) in [6.07, 6.45) is 2.81. The summed E-state index contributed by atoms with van der Waals surface area (Å²) in [5.74, 6) is -0.0970. The second kappa shape index (κ2) is 10.0. The Morgan fingerprint density at radius 2 is 1.83 bits per heavy atom. The Labute approximate surface area is 138 Å². The van der Waals surface area contributed by atoms with Crippen LogP contribution in [0.1, 0.15) is 45.6 Å². The minimum absolute atomic E-state index is 0.00471. The van der Waals surface area contributed by atoms with Gasteiger partial charge in [-0.25, -0.2) is 0 Å². The molecule has 128 valence electrons. The number of anilines is 1. The second-order valence-corrected chi connectivity index (χ2v) is 5.91. The second-order valence-electron chi connectivity index (χ2n) is 5.91. The normalized spacial score (nSPS) is 13.2. The number of aliphatic hydroxyl groups excluding tert-OH is 1. The molecule has 0 saturated carbocycles. The summed E-state index contributed by atoms with van der Waals surface area (Å²) in [6.45, 7) is 5.84. The Morgan fingerprint density at radius 3 is 2.35 bits per heavy atom. The van der Waals surface area contributed by atoms with Gasteiger partial charge in [0.1, 0.15) is 0 Å². The van der Waals surface area contributed by atoms with Crippen molar-refractivity contribution in [1.29, 1.82) is 0 Å². The average molecular weight is 320 g/mol. The molecule has 0 aliphatic rings. The van der Waals surface area contributed by atoms with Crippen LogP contribution in [0.2, 0.25) is 0 Å². The molecule has 2 atom stereocenters. The lowest BCUT2D eigenvalue weighted by atomic mass is 10.1. The number of hydrogen-bond donors (Lipinski definition) is 3. The van der Waals surface area contributed by atoms with E-state index < -0.39 is 0 Å². The van der Waals surface area contributed by atoms with E-state index in [0.717, 1.165) is 24.1 Å². The van der Waals surface area contributed by atoms with E-state index in [9.17, 15) is 9.59 Å². The van der Waals surface area contributed by atoms with Crippen LogP contribution >= 0.6 is 0 Å². The maximum atomic E-state index is 12.0. The van der Waals surface area contributed by atoms with Gasteiger partial charge in [0.15, 0.2) is 0 Å². The van der Waals surface area contributed by atoms with Crippen LogP contribution in [-0.4, -0.2) is 29.6 Å². The maximum Gasteiger partial charge on any atom is 0.227 e. The fraction of sp³-hybridized carbons (Fsp3) is 0.556. The monoisotopic (exact) mass is 320 g/mol. The van der Waals surface area contributed by atoms with Gasteiger partial charge < -0.3 is 15.7 Å². The highest BCUT2D eigenvalue weighted by Crippen LogP contribution is 2.13. The highest BCUT2D eigenvalue weighted by molar-refractivity contribution is 5.92. The lowest BCUT2D eigenvalue weighted by Gasteiger charge is -2.14. The van der Waals surface area contributed by atoms with Crippen LogP contribution in [-0.2, 0) is 16.0 Å². The topological polar surface area (TPSA) is 78.4 Å². The molecule has 0 aliphatic heterocycles. The van der Waals surface area contributed by atoms with Gasteiger partial charge in [-0.1, -0.05) is 39.3 Å². The molecule has 0 saturated heterocycles. The number of carbonyl (C=O) groups excluding carboxylic acids is 2. The largest absolute Gasteiger partial charge is 0.394 e. The summed E-state index contributed by atoms with van der Waals surface area (Å²) in [5.41, 5.74) is 1.61. The Morgan fingerprint density at radius 1 is 1.17 bits per heavy atom. The summed E-state index contributed by atoms with van der Waals surface area (Å²) in [7, 11) is 0. The van der Waals surface area contributed by atoms with Crippen LogP contribution in [0.5, 0.6) is 0 Å². The van der Waals surface area contributed by atoms with E-state index >= 15 is 0 Å². The third kappa shape index (κ3) is 6.82. The number of carbonyl (C=O) groups is 2. The molecule has 5 nitrogen and oxygen atoms in total. The number of benzene rings is 1. The molecular weight excluding hydrogens is 292 g/mol. The van der Waals surface area contributed by atoms with Gasteiger partial charge in [0.25, 0.3) is 0 Å². The summed E-state index contributed by atoms with van der Waals surface area (Å²) in [5, 5.41) is 14.8. The minimum atomic E-state index is -0.193. The van der Waals surface area contributed by atoms with Crippen molar-refractivity contribution >= 4 is 17.5 Å². The van der Waals surface area contributed by atoms with E-state index in [1.807, 2.05) is 38.1 Å². The van der Waals surface area contributed by atoms with E-state index in [1.54, 1.807) is 0 Å². The van der Waals surface area contributed by atoms with Gasteiger partial charge in [0.2, 0.25) is 11.8 Å². The lowest BCUT2D eigenvalue weighted by Crippen LogP contribution is -2.37. The fourth-order valence-electron chi connectivity index (χ4n) is 2.28. The van der Waals surface area contributed by atoms with Crippen LogP contribution in [0.15, 0.2) is 24.3 Å². The number of rotatable bonds is 9. The first-order valence-corrected chi connectivity index (χ1v) is 8.30. The maximum absolute atomic E-state index is 12.0. The van der Waals surface area contributed by atoms with Crippen molar-refractivity contribution in [3.63, 3.8) is 0 Å². The van der Waals surface area contributed by atoms with Crippen LogP contribution in [0.25, 0.3) is 0 Å². The third-order valence-electron chi connectivity index (χ3n) is 3.83. The summed E-state index contributed by atoms with van der Waals surface area (Å²) >= 11 is 0. The van der Waals surface area contributed by atoms with E-state index in [-0.39, 0.29) is 36.8 Å². The molecule has 5 heteroatoms. The Hall–Kier alpha value is -1.88. The van der Waals surface area contributed by atoms with Crippen molar-refractivity contribution in [2.24, 2.45) is 5.92 Å². The van der Waals surface area contributed by atoms with Crippen LogP contribution in [0.3, 0.4) is 0 Å². The zero-order chi connectivity index (χ0) is 17.2. The van der Waals surface area contributed by atoms with Gasteiger partial charge in [-0.05, 0) is 30.5 Å². The van der Waals surface area contributed by atoms with Gasteiger partial charge in [0, 0.05) is 11.6 Å². The van der Waals surface area contributed by atoms with Crippen LogP contribution < -0.4 is 10.6 Å². The predicted molar refractivity (Wildman–Crippen MR) is 92.2 cm³/mol. The molecule has 23 heavy (non-hydrogen) atoms. The molecule has 0 radical (unpaired) electrons. The van der Waals surface area contributed by atoms with Gasteiger partial charge in [-0.2, -0.15) is 0 Å². The van der Waals surface area contributed by atoms with Gasteiger partial charge in [-0.3, -0.25) is 9.59 Å². The summed E-state index contributed by atoms with van der Waals surface area (Å²) in [6, 6.07) is 7.09. The molecule has 2 unspecified atom stereocenters. The molecular formula is C18H28N2O3. The number of nitrogens with one attached hydrogen (secondary N) is 2. The molecule has 1 rings (SSSR count). The van der Waals surface area contributed by atoms with Gasteiger partial charge in [-0.15, -0.1) is 0 Å². The van der Waals surface area contributed by atoms with E-state index in [4.69, 9.17) is 5.11 Å². The minimum Gasteiger partial charge on any atom is -0.394 e. The Bertz CT molecular complexity index is 495. The molecule has 0 aromatic heterocycles. The predicted octanol–water partition coefficient (Wildman–Crippen LogP) is 2.49.